The van der Waals surface area contributed by atoms with E-state index in [4.69, 9.17) is 9.47 Å². The summed E-state index contributed by atoms with van der Waals surface area (Å²) in [6.07, 6.45) is 0.813. The maximum Gasteiger partial charge on any atom is 0.231 e. The summed E-state index contributed by atoms with van der Waals surface area (Å²) in [7, 11) is 0. The monoisotopic (exact) mass is 352 g/mol. The number of ether oxygens (including phenoxy) is 2. The fraction of sp³-hybridized carbons (Fsp3) is 0.143. The Kier molecular flexibility index (Phi) is 4.61. The van der Waals surface area contributed by atoms with Crippen molar-refractivity contribution >= 4 is 11.8 Å². The van der Waals surface area contributed by atoms with E-state index in [1.54, 1.807) is 0 Å². The molecule has 0 fully saturated rings. The van der Waals surface area contributed by atoms with Gasteiger partial charge in [0.05, 0.1) is 0 Å². The van der Waals surface area contributed by atoms with Gasteiger partial charge in [-0.2, -0.15) is 0 Å². The van der Waals surface area contributed by atoms with Gasteiger partial charge in [0.2, 0.25) is 6.79 Å². The van der Waals surface area contributed by atoms with Crippen molar-refractivity contribution in [2.24, 2.45) is 0 Å². The fourth-order valence-corrected chi connectivity index (χ4v) is 3.46. The van der Waals surface area contributed by atoms with E-state index in [2.05, 4.69) is 18.2 Å². The van der Waals surface area contributed by atoms with E-state index >= 15 is 0 Å². The number of rotatable bonds is 5. The van der Waals surface area contributed by atoms with Crippen LogP contribution in [0.4, 0.5) is 4.39 Å². The second kappa shape index (κ2) is 7.19. The van der Waals surface area contributed by atoms with Gasteiger partial charge in [0.15, 0.2) is 11.5 Å². The molecule has 0 saturated heterocycles. The summed E-state index contributed by atoms with van der Waals surface area (Å²) in [6.45, 7) is 0.260. The average molecular weight is 352 g/mol. The van der Waals surface area contributed by atoms with Crippen molar-refractivity contribution in [2.45, 2.75) is 11.3 Å². The van der Waals surface area contributed by atoms with Crippen molar-refractivity contribution in [1.82, 2.24) is 0 Å². The van der Waals surface area contributed by atoms with Gasteiger partial charge in [-0.15, -0.1) is 0 Å². The lowest BCUT2D eigenvalue weighted by Crippen LogP contribution is -1.93. The van der Waals surface area contributed by atoms with Crippen LogP contribution in [0.5, 0.6) is 11.5 Å². The molecule has 4 heteroatoms. The van der Waals surface area contributed by atoms with Gasteiger partial charge in [-0.3, -0.25) is 0 Å². The lowest BCUT2D eigenvalue weighted by Gasteiger charge is -2.12. The second-order valence-corrected chi connectivity index (χ2v) is 6.78. The molecule has 126 valence electrons. The van der Waals surface area contributed by atoms with Crippen LogP contribution in [0, 0.1) is 0 Å². The molecular formula is C21H17FO2S. The van der Waals surface area contributed by atoms with Crippen LogP contribution in [0.1, 0.15) is 11.1 Å². The third-order valence-electron chi connectivity index (χ3n) is 4.22. The summed E-state index contributed by atoms with van der Waals surface area (Å²) >= 11 is 1.19. The zero-order valence-electron chi connectivity index (χ0n) is 13.6. The van der Waals surface area contributed by atoms with E-state index in [-0.39, 0.29) is 6.79 Å². The molecule has 0 bridgehead atoms. The fourth-order valence-electron chi connectivity index (χ4n) is 3.01. The van der Waals surface area contributed by atoms with Crippen LogP contribution in [0.3, 0.4) is 0 Å². The number of fused-ring (bicyclic) bond motifs is 1. The molecule has 1 aliphatic heterocycles. The molecule has 0 atom stereocenters. The molecule has 0 radical (unpaired) electrons. The van der Waals surface area contributed by atoms with Crippen molar-refractivity contribution in [2.75, 3.05) is 12.8 Å². The Balaban J connectivity index is 1.74. The predicted molar refractivity (Wildman–Crippen MR) is 99.1 cm³/mol. The molecule has 3 aromatic rings. The molecule has 3 aromatic carbocycles. The standard InChI is InChI=1S/C21H17FO2S/c22-13-25-18-8-6-16(7-9-18)19-12-21-20(23-14-24-21)11-17(19)10-15-4-2-1-3-5-15/h1-9,11-12H,10,13-14H2. The summed E-state index contributed by atoms with van der Waals surface area (Å²) in [5.41, 5.74) is 4.63. The number of hydrogen-bond acceptors (Lipinski definition) is 3. The Morgan fingerprint density at radius 1 is 0.880 bits per heavy atom. The Morgan fingerprint density at radius 2 is 1.60 bits per heavy atom. The highest BCUT2D eigenvalue weighted by molar-refractivity contribution is 7.99. The molecule has 0 spiro atoms. The quantitative estimate of drug-likeness (QED) is 0.549. The molecule has 0 amide bonds. The minimum atomic E-state index is -0.414. The van der Waals surface area contributed by atoms with Crippen LogP contribution in [0.2, 0.25) is 0 Å². The zero-order chi connectivity index (χ0) is 17.1. The first-order valence-electron chi connectivity index (χ1n) is 8.09. The van der Waals surface area contributed by atoms with Crippen LogP contribution >= 0.6 is 11.8 Å². The SMILES string of the molecule is FCSc1ccc(-c2cc3c(cc2Cc2ccccc2)OCO3)cc1. The summed E-state index contributed by atoms with van der Waals surface area (Å²) in [6, 6.07) is 22.0. The maximum atomic E-state index is 12.5. The number of thioether (sulfide) groups is 1. The molecule has 1 aliphatic rings. The van der Waals surface area contributed by atoms with E-state index < -0.39 is 6.01 Å². The molecular weight excluding hydrogens is 335 g/mol. The minimum Gasteiger partial charge on any atom is -0.454 e. The summed E-state index contributed by atoms with van der Waals surface area (Å²) in [5.74, 6) is 1.56. The normalized spacial score (nSPS) is 12.4. The van der Waals surface area contributed by atoms with E-state index in [1.165, 1.54) is 22.9 Å². The van der Waals surface area contributed by atoms with Gasteiger partial charge in [0.1, 0.15) is 6.01 Å². The van der Waals surface area contributed by atoms with Gasteiger partial charge in [-0.1, -0.05) is 54.2 Å². The molecule has 0 unspecified atom stereocenters. The number of halogens is 1. The molecule has 1 heterocycles. The molecule has 0 aromatic heterocycles. The van der Waals surface area contributed by atoms with E-state index in [9.17, 15) is 4.39 Å². The van der Waals surface area contributed by atoms with Crippen LogP contribution in [-0.2, 0) is 6.42 Å². The smallest absolute Gasteiger partial charge is 0.231 e. The number of hydrogen-bond donors (Lipinski definition) is 0. The van der Waals surface area contributed by atoms with Crippen LogP contribution in [0.25, 0.3) is 11.1 Å². The van der Waals surface area contributed by atoms with Crippen LogP contribution in [-0.4, -0.2) is 12.8 Å². The van der Waals surface area contributed by atoms with Crippen molar-refractivity contribution in [3.8, 4) is 22.6 Å². The molecule has 0 N–H and O–H groups in total. The van der Waals surface area contributed by atoms with Gasteiger partial charge >= 0.3 is 0 Å². The Morgan fingerprint density at radius 3 is 2.32 bits per heavy atom. The molecule has 4 rings (SSSR count). The Bertz CT molecular complexity index is 863. The highest BCUT2D eigenvalue weighted by Crippen LogP contribution is 2.40. The van der Waals surface area contributed by atoms with E-state index in [0.717, 1.165) is 33.9 Å². The molecule has 0 aliphatic carbocycles. The molecule has 25 heavy (non-hydrogen) atoms. The average Bonchev–Trinajstić information content (AvgIpc) is 3.10. The zero-order valence-corrected chi connectivity index (χ0v) is 14.4. The van der Waals surface area contributed by atoms with Crippen molar-refractivity contribution in [1.29, 1.82) is 0 Å². The minimum absolute atomic E-state index is 0.260. The van der Waals surface area contributed by atoms with Gasteiger partial charge < -0.3 is 9.47 Å². The number of alkyl halides is 1. The Labute approximate surface area is 150 Å². The van der Waals surface area contributed by atoms with Crippen LogP contribution < -0.4 is 9.47 Å². The molecule has 2 nitrogen and oxygen atoms in total. The van der Waals surface area contributed by atoms with E-state index in [1.807, 2.05) is 48.5 Å². The highest BCUT2D eigenvalue weighted by Gasteiger charge is 2.18. The predicted octanol–water partition coefficient (Wildman–Crippen LogP) is 5.69. The summed E-state index contributed by atoms with van der Waals surface area (Å²) in [4.78, 5) is 0.927. The highest BCUT2D eigenvalue weighted by atomic mass is 32.2. The first kappa shape index (κ1) is 16.0. The van der Waals surface area contributed by atoms with Gasteiger partial charge in [0, 0.05) is 4.90 Å². The van der Waals surface area contributed by atoms with Crippen molar-refractivity contribution in [3.05, 3.63) is 77.9 Å². The van der Waals surface area contributed by atoms with Gasteiger partial charge in [-0.25, -0.2) is 4.39 Å². The summed E-state index contributed by atoms with van der Waals surface area (Å²) < 4.78 is 23.6. The largest absolute Gasteiger partial charge is 0.454 e. The van der Waals surface area contributed by atoms with Gasteiger partial charge in [0.25, 0.3) is 0 Å². The first-order chi connectivity index (χ1) is 12.3. The third kappa shape index (κ3) is 3.49. The second-order valence-electron chi connectivity index (χ2n) is 5.80. The third-order valence-corrected chi connectivity index (χ3v) is 4.94. The van der Waals surface area contributed by atoms with Gasteiger partial charge in [-0.05, 0) is 52.9 Å². The van der Waals surface area contributed by atoms with Crippen LogP contribution in [0.15, 0.2) is 71.6 Å². The van der Waals surface area contributed by atoms with E-state index in [0.29, 0.717) is 0 Å². The first-order valence-corrected chi connectivity index (χ1v) is 9.08. The lowest BCUT2D eigenvalue weighted by atomic mass is 9.94. The van der Waals surface area contributed by atoms with Crippen molar-refractivity contribution < 1.29 is 13.9 Å². The van der Waals surface area contributed by atoms with Crippen molar-refractivity contribution in [3.63, 3.8) is 0 Å². The Hall–Kier alpha value is -2.46. The number of benzene rings is 3. The molecule has 0 saturated carbocycles. The summed E-state index contributed by atoms with van der Waals surface area (Å²) in [5, 5.41) is 0. The maximum absolute atomic E-state index is 12.5. The topological polar surface area (TPSA) is 18.5 Å². The lowest BCUT2D eigenvalue weighted by molar-refractivity contribution is 0.174.